The molecule has 0 aliphatic rings. The number of hydrogen-bond acceptors (Lipinski definition) is 2. The summed E-state index contributed by atoms with van der Waals surface area (Å²) in [4.78, 5) is 11.6. The van der Waals surface area contributed by atoms with Crippen molar-refractivity contribution in [3.63, 3.8) is 0 Å². The first-order chi connectivity index (χ1) is 7.29. The summed E-state index contributed by atoms with van der Waals surface area (Å²) in [6, 6.07) is 4.66. The Kier molecular flexibility index (Phi) is 3.65. The molecule has 0 aliphatic carbocycles. The molecule has 0 unspecified atom stereocenters. The van der Waals surface area contributed by atoms with Crippen molar-refractivity contribution in [3.8, 4) is 0 Å². The molecule has 0 heterocycles. The Morgan fingerprint density at radius 3 is 2.62 bits per heavy atom. The van der Waals surface area contributed by atoms with Gasteiger partial charge in [-0.3, -0.25) is 4.79 Å². The second-order valence-corrected chi connectivity index (χ2v) is 4.65. The molecule has 0 radical (unpaired) electrons. The third kappa shape index (κ3) is 3.62. The third-order valence-electron chi connectivity index (χ3n) is 2.10. The highest BCUT2D eigenvalue weighted by atomic mass is 19.1. The maximum Gasteiger partial charge on any atom is 0.226 e. The second-order valence-electron chi connectivity index (χ2n) is 4.65. The number of halogens is 1. The van der Waals surface area contributed by atoms with Gasteiger partial charge in [-0.2, -0.15) is 0 Å². The summed E-state index contributed by atoms with van der Waals surface area (Å²) in [5.74, 6) is -0.705. The average Bonchev–Trinajstić information content (AvgIpc) is 2.08. The zero-order chi connectivity index (χ0) is 12.3. The lowest BCUT2D eigenvalue weighted by atomic mass is 10.0. The predicted octanol–water partition coefficient (Wildman–Crippen LogP) is 2.20. The molecule has 1 amide bonds. The van der Waals surface area contributed by atoms with Crippen LogP contribution in [-0.2, 0) is 4.79 Å². The summed E-state index contributed by atoms with van der Waals surface area (Å²) in [6.07, 6.45) is 0.154. The lowest BCUT2D eigenvalue weighted by Crippen LogP contribution is -2.36. The highest BCUT2D eigenvalue weighted by Gasteiger charge is 2.17. The highest BCUT2D eigenvalue weighted by Crippen LogP contribution is 2.19. The SMILES string of the molecule is Cc1cccc(F)c1NC(=O)CC(C)(C)N. The van der Waals surface area contributed by atoms with E-state index in [1.54, 1.807) is 32.9 Å². The predicted molar refractivity (Wildman–Crippen MR) is 62.7 cm³/mol. The van der Waals surface area contributed by atoms with Crippen molar-refractivity contribution in [3.05, 3.63) is 29.6 Å². The lowest BCUT2D eigenvalue weighted by molar-refractivity contribution is -0.117. The Labute approximate surface area is 94.8 Å². The fourth-order valence-electron chi connectivity index (χ4n) is 1.39. The van der Waals surface area contributed by atoms with E-state index in [0.29, 0.717) is 5.56 Å². The van der Waals surface area contributed by atoms with Crippen LogP contribution in [0.4, 0.5) is 10.1 Å². The van der Waals surface area contributed by atoms with Gasteiger partial charge in [-0.1, -0.05) is 12.1 Å². The highest BCUT2D eigenvalue weighted by molar-refractivity contribution is 5.92. The molecular weight excluding hydrogens is 207 g/mol. The van der Waals surface area contributed by atoms with E-state index in [1.165, 1.54) is 6.07 Å². The van der Waals surface area contributed by atoms with E-state index in [9.17, 15) is 9.18 Å². The van der Waals surface area contributed by atoms with Crippen LogP contribution in [0.5, 0.6) is 0 Å². The quantitative estimate of drug-likeness (QED) is 0.827. The molecule has 16 heavy (non-hydrogen) atoms. The third-order valence-corrected chi connectivity index (χ3v) is 2.10. The normalized spacial score (nSPS) is 11.3. The van der Waals surface area contributed by atoms with Gasteiger partial charge in [0, 0.05) is 12.0 Å². The van der Waals surface area contributed by atoms with E-state index in [-0.39, 0.29) is 18.0 Å². The topological polar surface area (TPSA) is 55.1 Å². The number of carbonyl (C=O) groups is 1. The summed E-state index contributed by atoms with van der Waals surface area (Å²) < 4.78 is 13.4. The van der Waals surface area contributed by atoms with Gasteiger partial charge in [0.15, 0.2) is 0 Å². The first-order valence-electron chi connectivity index (χ1n) is 5.13. The number of nitrogens with one attached hydrogen (secondary N) is 1. The van der Waals surface area contributed by atoms with E-state index in [4.69, 9.17) is 5.73 Å². The van der Waals surface area contributed by atoms with Crippen molar-refractivity contribution < 1.29 is 9.18 Å². The average molecular weight is 224 g/mol. The van der Waals surface area contributed by atoms with Crippen molar-refractivity contribution >= 4 is 11.6 Å². The number of aryl methyl sites for hydroxylation is 1. The molecule has 0 atom stereocenters. The van der Waals surface area contributed by atoms with Gasteiger partial charge in [0.05, 0.1) is 5.69 Å². The molecule has 0 aromatic heterocycles. The van der Waals surface area contributed by atoms with Gasteiger partial charge < -0.3 is 11.1 Å². The number of anilines is 1. The Balaban J connectivity index is 2.78. The molecule has 0 bridgehead atoms. The number of benzene rings is 1. The van der Waals surface area contributed by atoms with E-state index in [2.05, 4.69) is 5.32 Å². The van der Waals surface area contributed by atoms with E-state index < -0.39 is 11.4 Å². The van der Waals surface area contributed by atoms with Crippen molar-refractivity contribution in [1.82, 2.24) is 0 Å². The van der Waals surface area contributed by atoms with Crippen LogP contribution in [0.2, 0.25) is 0 Å². The van der Waals surface area contributed by atoms with E-state index >= 15 is 0 Å². The van der Waals surface area contributed by atoms with Crippen LogP contribution in [0, 0.1) is 12.7 Å². The Morgan fingerprint density at radius 2 is 2.12 bits per heavy atom. The molecule has 0 spiro atoms. The van der Waals surface area contributed by atoms with Gasteiger partial charge in [-0.05, 0) is 32.4 Å². The summed E-state index contributed by atoms with van der Waals surface area (Å²) in [5.41, 5.74) is 6.05. The molecular formula is C12H17FN2O. The Morgan fingerprint density at radius 1 is 1.50 bits per heavy atom. The Hall–Kier alpha value is -1.42. The molecule has 0 fully saturated rings. The maximum atomic E-state index is 13.4. The minimum atomic E-state index is -0.594. The van der Waals surface area contributed by atoms with Crippen LogP contribution in [0.25, 0.3) is 0 Å². The van der Waals surface area contributed by atoms with Gasteiger partial charge in [0.25, 0.3) is 0 Å². The van der Waals surface area contributed by atoms with Gasteiger partial charge in [-0.15, -0.1) is 0 Å². The minimum Gasteiger partial charge on any atom is -0.325 e. The fourth-order valence-corrected chi connectivity index (χ4v) is 1.39. The molecule has 88 valence electrons. The summed E-state index contributed by atoms with van der Waals surface area (Å²) >= 11 is 0. The van der Waals surface area contributed by atoms with E-state index in [0.717, 1.165) is 0 Å². The number of rotatable bonds is 3. The van der Waals surface area contributed by atoms with Crippen LogP contribution >= 0.6 is 0 Å². The fraction of sp³-hybridized carbons (Fsp3) is 0.417. The van der Waals surface area contributed by atoms with Crippen molar-refractivity contribution in [2.75, 3.05) is 5.32 Å². The van der Waals surface area contributed by atoms with Gasteiger partial charge in [0.1, 0.15) is 5.82 Å². The molecule has 4 heteroatoms. The zero-order valence-corrected chi connectivity index (χ0v) is 9.80. The van der Waals surface area contributed by atoms with Crippen molar-refractivity contribution in [1.29, 1.82) is 0 Å². The number of hydrogen-bond donors (Lipinski definition) is 2. The molecule has 3 nitrogen and oxygen atoms in total. The van der Waals surface area contributed by atoms with Crippen LogP contribution < -0.4 is 11.1 Å². The minimum absolute atomic E-state index is 0.154. The zero-order valence-electron chi connectivity index (χ0n) is 9.80. The monoisotopic (exact) mass is 224 g/mol. The van der Waals surface area contributed by atoms with Crippen LogP contribution in [0.15, 0.2) is 18.2 Å². The molecule has 0 saturated heterocycles. The molecule has 1 aromatic carbocycles. The standard InChI is InChI=1S/C12H17FN2O/c1-8-5-4-6-9(13)11(8)15-10(16)7-12(2,3)14/h4-6H,7,14H2,1-3H3,(H,15,16). The second kappa shape index (κ2) is 4.61. The van der Waals surface area contributed by atoms with Gasteiger partial charge >= 0.3 is 0 Å². The summed E-state index contributed by atoms with van der Waals surface area (Å²) in [7, 11) is 0. The molecule has 1 aromatic rings. The maximum absolute atomic E-state index is 13.4. The molecule has 1 rings (SSSR count). The van der Waals surface area contributed by atoms with Crippen LogP contribution in [0.3, 0.4) is 0 Å². The first kappa shape index (κ1) is 12.6. The lowest BCUT2D eigenvalue weighted by Gasteiger charge is -2.18. The number of para-hydroxylation sites is 1. The molecule has 0 saturated carbocycles. The number of amides is 1. The Bertz CT molecular complexity index is 376. The smallest absolute Gasteiger partial charge is 0.226 e. The van der Waals surface area contributed by atoms with Crippen LogP contribution in [-0.4, -0.2) is 11.4 Å². The molecule has 0 aliphatic heterocycles. The van der Waals surface area contributed by atoms with Gasteiger partial charge in [-0.25, -0.2) is 4.39 Å². The largest absolute Gasteiger partial charge is 0.325 e. The van der Waals surface area contributed by atoms with E-state index in [1.807, 2.05) is 0 Å². The van der Waals surface area contributed by atoms with Gasteiger partial charge in [0.2, 0.25) is 5.91 Å². The van der Waals surface area contributed by atoms with Crippen molar-refractivity contribution in [2.24, 2.45) is 5.73 Å². The summed E-state index contributed by atoms with van der Waals surface area (Å²) in [6.45, 7) is 5.24. The van der Waals surface area contributed by atoms with Crippen molar-refractivity contribution in [2.45, 2.75) is 32.7 Å². The first-order valence-corrected chi connectivity index (χ1v) is 5.13. The number of carbonyl (C=O) groups excluding carboxylic acids is 1. The summed E-state index contributed by atoms with van der Waals surface area (Å²) in [5, 5.41) is 2.54. The van der Waals surface area contributed by atoms with Crippen LogP contribution in [0.1, 0.15) is 25.8 Å². The molecule has 3 N–H and O–H groups in total. The number of nitrogens with two attached hydrogens (primary N) is 1.